The van der Waals surface area contributed by atoms with E-state index in [4.69, 9.17) is 0 Å². The smallest absolute Gasteiger partial charge is 0.0948 e. The van der Waals surface area contributed by atoms with Gasteiger partial charge in [0.15, 0.2) is 0 Å². The van der Waals surface area contributed by atoms with Crippen LogP contribution in [0.25, 0.3) is 0 Å². The minimum atomic E-state index is 0.677. The average Bonchev–Trinajstić information content (AvgIpc) is 2.96. The summed E-state index contributed by atoms with van der Waals surface area (Å²) < 4.78 is 2.20. The van der Waals surface area contributed by atoms with Crippen LogP contribution in [0, 0.1) is 5.92 Å². The Balaban J connectivity index is 1.83. The zero-order chi connectivity index (χ0) is 12.8. The molecule has 0 aliphatic carbocycles. The maximum Gasteiger partial charge on any atom is 0.0948 e. The molecule has 0 spiro atoms. The van der Waals surface area contributed by atoms with E-state index in [1.807, 2.05) is 24.1 Å². The van der Waals surface area contributed by atoms with Crippen LogP contribution in [0.2, 0.25) is 0 Å². The molecule has 0 aromatic carbocycles. The summed E-state index contributed by atoms with van der Waals surface area (Å²) in [5, 5.41) is 6.65. The number of hydrogen-bond acceptors (Lipinski definition) is 4. The fraction of sp³-hybridized carbons (Fsp3) is 0.538. The first kappa shape index (κ1) is 13.2. The fourth-order valence-electron chi connectivity index (χ4n) is 1.78. The van der Waals surface area contributed by atoms with Crippen LogP contribution in [0.1, 0.15) is 24.5 Å². The summed E-state index contributed by atoms with van der Waals surface area (Å²) in [7, 11) is 0. The first-order valence-electron chi connectivity index (χ1n) is 6.34. The van der Waals surface area contributed by atoms with Crippen LogP contribution >= 0.6 is 11.3 Å². The summed E-state index contributed by atoms with van der Waals surface area (Å²) in [4.78, 5) is 8.53. The number of thiazole rings is 1. The van der Waals surface area contributed by atoms with Gasteiger partial charge in [-0.25, -0.2) is 9.97 Å². The molecule has 0 aliphatic heterocycles. The molecule has 5 heteroatoms. The molecule has 0 radical (unpaired) electrons. The van der Waals surface area contributed by atoms with Gasteiger partial charge in [0.2, 0.25) is 0 Å². The zero-order valence-electron chi connectivity index (χ0n) is 11.0. The summed E-state index contributed by atoms with van der Waals surface area (Å²) in [6.07, 6.45) is 6.68. The minimum Gasteiger partial charge on any atom is -0.333 e. The maximum atomic E-state index is 4.30. The molecule has 2 heterocycles. The molecule has 2 aromatic heterocycles. The van der Waals surface area contributed by atoms with Crippen molar-refractivity contribution in [2.75, 3.05) is 6.54 Å². The third-order valence-electron chi connectivity index (χ3n) is 2.71. The summed E-state index contributed by atoms with van der Waals surface area (Å²) >= 11 is 1.71. The average molecular weight is 264 g/mol. The molecule has 0 bridgehead atoms. The van der Waals surface area contributed by atoms with Gasteiger partial charge in [-0.15, -0.1) is 11.3 Å². The lowest BCUT2D eigenvalue weighted by atomic mass is 10.2. The van der Waals surface area contributed by atoms with Crippen molar-refractivity contribution >= 4 is 11.3 Å². The van der Waals surface area contributed by atoms with E-state index in [-0.39, 0.29) is 0 Å². The molecule has 0 saturated heterocycles. The lowest BCUT2D eigenvalue weighted by molar-refractivity contribution is 0.533. The monoisotopic (exact) mass is 264 g/mol. The van der Waals surface area contributed by atoms with Gasteiger partial charge < -0.3 is 9.88 Å². The Morgan fingerprint density at radius 3 is 3.06 bits per heavy atom. The van der Waals surface area contributed by atoms with Crippen molar-refractivity contribution in [2.24, 2.45) is 5.92 Å². The van der Waals surface area contributed by atoms with E-state index < -0.39 is 0 Å². The van der Waals surface area contributed by atoms with Crippen molar-refractivity contribution in [3.63, 3.8) is 0 Å². The molecule has 0 saturated carbocycles. The van der Waals surface area contributed by atoms with E-state index in [2.05, 4.69) is 33.7 Å². The van der Waals surface area contributed by atoms with E-state index in [9.17, 15) is 0 Å². The molecule has 0 unspecified atom stereocenters. The number of nitrogens with one attached hydrogen (secondary N) is 1. The predicted octanol–water partition coefficient (Wildman–Crippen LogP) is 2.33. The van der Waals surface area contributed by atoms with Crippen molar-refractivity contribution in [1.82, 2.24) is 19.9 Å². The summed E-state index contributed by atoms with van der Waals surface area (Å²) in [5.41, 5.74) is 1.24. The quantitative estimate of drug-likeness (QED) is 0.834. The molecule has 0 atom stereocenters. The number of hydrogen-bond donors (Lipinski definition) is 1. The molecular formula is C13H20N4S. The second-order valence-electron chi connectivity index (χ2n) is 4.78. The molecule has 4 nitrogen and oxygen atoms in total. The molecule has 18 heavy (non-hydrogen) atoms. The van der Waals surface area contributed by atoms with Crippen molar-refractivity contribution < 1.29 is 0 Å². The maximum absolute atomic E-state index is 4.30. The highest BCUT2D eigenvalue weighted by Gasteiger charge is 2.03. The van der Waals surface area contributed by atoms with Gasteiger partial charge >= 0.3 is 0 Å². The van der Waals surface area contributed by atoms with Crippen LogP contribution in [-0.4, -0.2) is 21.1 Å². The lowest BCUT2D eigenvalue weighted by Crippen LogP contribution is -2.21. The van der Waals surface area contributed by atoms with Crippen molar-refractivity contribution in [2.45, 2.75) is 33.4 Å². The third kappa shape index (κ3) is 3.92. The SMILES string of the molecule is CC(C)CNCc1cncn1CCc1nccs1. The molecule has 0 fully saturated rings. The van der Waals surface area contributed by atoms with Gasteiger partial charge in [-0.3, -0.25) is 0 Å². The first-order chi connectivity index (χ1) is 8.75. The highest BCUT2D eigenvalue weighted by molar-refractivity contribution is 7.09. The van der Waals surface area contributed by atoms with Crippen LogP contribution in [0.5, 0.6) is 0 Å². The molecule has 0 aliphatic rings. The van der Waals surface area contributed by atoms with Crippen LogP contribution < -0.4 is 5.32 Å². The topological polar surface area (TPSA) is 42.7 Å². The summed E-state index contributed by atoms with van der Waals surface area (Å²) in [5.74, 6) is 0.677. The minimum absolute atomic E-state index is 0.677. The van der Waals surface area contributed by atoms with E-state index in [1.54, 1.807) is 11.3 Å². The molecule has 2 aromatic rings. The van der Waals surface area contributed by atoms with Gasteiger partial charge in [0.05, 0.1) is 17.0 Å². The second kappa shape index (κ2) is 6.66. The Morgan fingerprint density at radius 1 is 1.44 bits per heavy atom. The highest BCUT2D eigenvalue weighted by atomic mass is 32.1. The van der Waals surface area contributed by atoms with E-state index >= 15 is 0 Å². The Kier molecular flexibility index (Phi) is 4.90. The largest absolute Gasteiger partial charge is 0.333 e. The van der Waals surface area contributed by atoms with Gasteiger partial charge in [0, 0.05) is 37.3 Å². The Hall–Kier alpha value is -1.20. The lowest BCUT2D eigenvalue weighted by Gasteiger charge is -2.09. The highest BCUT2D eigenvalue weighted by Crippen LogP contribution is 2.07. The Labute approximate surface area is 112 Å². The van der Waals surface area contributed by atoms with Gasteiger partial charge in [-0.2, -0.15) is 0 Å². The van der Waals surface area contributed by atoms with Crippen LogP contribution in [0.4, 0.5) is 0 Å². The van der Waals surface area contributed by atoms with E-state index in [0.29, 0.717) is 5.92 Å². The Morgan fingerprint density at radius 2 is 2.33 bits per heavy atom. The molecule has 98 valence electrons. The predicted molar refractivity (Wildman–Crippen MR) is 74.6 cm³/mol. The van der Waals surface area contributed by atoms with Gasteiger partial charge in [-0.05, 0) is 12.5 Å². The Bertz CT molecular complexity index is 447. The van der Waals surface area contributed by atoms with Gasteiger partial charge in [-0.1, -0.05) is 13.8 Å². The van der Waals surface area contributed by atoms with Gasteiger partial charge in [0.25, 0.3) is 0 Å². The number of aromatic nitrogens is 3. The van der Waals surface area contributed by atoms with Crippen molar-refractivity contribution in [1.29, 1.82) is 0 Å². The third-order valence-corrected chi connectivity index (χ3v) is 3.55. The zero-order valence-corrected chi connectivity index (χ0v) is 11.8. The number of aryl methyl sites for hydroxylation is 2. The molecule has 2 rings (SSSR count). The van der Waals surface area contributed by atoms with Crippen LogP contribution in [0.15, 0.2) is 24.1 Å². The standard InChI is InChI=1S/C13H20N4S/c1-11(2)7-14-8-12-9-15-10-17(12)5-3-13-16-4-6-18-13/h4,6,9-11,14H,3,5,7-8H2,1-2H3. The van der Waals surface area contributed by atoms with Crippen LogP contribution in [0.3, 0.4) is 0 Å². The molecule has 1 N–H and O–H groups in total. The van der Waals surface area contributed by atoms with Crippen molar-refractivity contribution in [3.8, 4) is 0 Å². The van der Waals surface area contributed by atoms with Crippen LogP contribution in [-0.2, 0) is 19.5 Å². The number of imidazole rings is 1. The van der Waals surface area contributed by atoms with E-state index in [1.165, 1.54) is 10.7 Å². The van der Waals surface area contributed by atoms with Gasteiger partial charge in [0.1, 0.15) is 0 Å². The number of nitrogens with zero attached hydrogens (tertiary/aromatic N) is 3. The first-order valence-corrected chi connectivity index (χ1v) is 7.21. The number of rotatable bonds is 7. The summed E-state index contributed by atoms with van der Waals surface area (Å²) in [6.45, 7) is 7.30. The van der Waals surface area contributed by atoms with E-state index in [0.717, 1.165) is 26.1 Å². The molecular weight excluding hydrogens is 244 g/mol. The molecule has 0 amide bonds. The summed E-state index contributed by atoms with van der Waals surface area (Å²) in [6, 6.07) is 0. The fourth-order valence-corrected chi connectivity index (χ4v) is 2.39. The second-order valence-corrected chi connectivity index (χ2v) is 5.76. The van der Waals surface area contributed by atoms with Crippen molar-refractivity contribution in [3.05, 3.63) is 34.8 Å². The normalized spacial score (nSPS) is 11.3.